The second kappa shape index (κ2) is 7.83. The SMILES string of the molecule is CC(C(=O)Oc1ccc(C(N)=O)cc1)c1ccc(-c2ccccc2)c(F)c1. The summed E-state index contributed by atoms with van der Waals surface area (Å²) in [7, 11) is 0. The first-order valence-electron chi connectivity index (χ1n) is 8.42. The van der Waals surface area contributed by atoms with Crippen molar-refractivity contribution in [2.45, 2.75) is 12.8 Å². The van der Waals surface area contributed by atoms with Crippen LogP contribution in [-0.2, 0) is 4.79 Å². The fraction of sp³-hybridized carbons (Fsp3) is 0.0909. The smallest absolute Gasteiger partial charge is 0.318 e. The Balaban J connectivity index is 1.75. The number of ether oxygens (including phenoxy) is 1. The lowest BCUT2D eigenvalue weighted by Crippen LogP contribution is -2.16. The number of nitrogens with two attached hydrogens (primary N) is 1. The number of esters is 1. The minimum absolute atomic E-state index is 0.290. The van der Waals surface area contributed by atoms with Gasteiger partial charge in [-0.3, -0.25) is 9.59 Å². The van der Waals surface area contributed by atoms with Crippen LogP contribution in [0.2, 0.25) is 0 Å². The molecule has 3 aromatic carbocycles. The summed E-state index contributed by atoms with van der Waals surface area (Å²) >= 11 is 0. The molecule has 1 amide bonds. The molecule has 0 saturated carbocycles. The van der Waals surface area contributed by atoms with E-state index in [1.807, 2.05) is 30.3 Å². The second-order valence-electron chi connectivity index (χ2n) is 6.14. The number of primary amides is 1. The molecule has 0 heterocycles. The third-order valence-corrected chi connectivity index (χ3v) is 4.29. The van der Waals surface area contributed by atoms with Crippen LogP contribution in [0.15, 0.2) is 72.8 Å². The summed E-state index contributed by atoms with van der Waals surface area (Å²) in [6, 6.07) is 19.9. The number of hydrogen-bond acceptors (Lipinski definition) is 3. The highest BCUT2D eigenvalue weighted by molar-refractivity contribution is 5.93. The molecule has 0 aliphatic carbocycles. The Morgan fingerprint density at radius 2 is 1.63 bits per heavy atom. The number of amides is 1. The maximum atomic E-state index is 14.5. The van der Waals surface area contributed by atoms with Gasteiger partial charge in [-0.15, -0.1) is 0 Å². The number of carbonyl (C=O) groups is 2. The van der Waals surface area contributed by atoms with Crippen molar-refractivity contribution in [2.24, 2.45) is 5.73 Å². The fourth-order valence-corrected chi connectivity index (χ4v) is 2.68. The van der Waals surface area contributed by atoms with E-state index in [1.165, 1.54) is 30.3 Å². The van der Waals surface area contributed by atoms with Gasteiger partial charge in [0.2, 0.25) is 5.91 Å². The van der Waals surface area contributed by atoms with Gasteiger partial charge >= 0.3 is 5.97 Å². The van der Waals surface area contributed by atoms with Gasteiger partial charge in [0.1, 0.15) is 11.6 Å². The number of rotatable bonds is 5. The molecule has 3 rings (SSSR count). The highest BCUT2D eigenvalue weighted by atomic mass is 19.1. The number of halogens is 1. The van der Waals surface area contributed by atoms with E-state index in [4.69, 9.17) is 10.5 Å². The van der Waals surface area contributed by atoms with E-state index in [0.29, 0.717) is 22.4 Å². The zero-order valence-electron chi connectivity index (χ0n) is 14.7. The van der Waals surface area contributed by atoms with Crippen LogP contribution in [0.3, 0.4) is 0 Å². The Morgan fingerprint density at radius 1 is 0.963 bits per heavy atom. The monoisotopic (exact) mass is 363 g/mol. The molecule has 1 unspecified atom stereocenters. The molecule has 0 radical (unpaired) electrons. The van der Waals surface area contributed by atoms with Gasteiger partial charge in [-0.1, -0.05) is 42.5 Å². The molecule has 0 aliphatic rings. The first kappa shape index (κ1) is 18.3. The summed E-state index contributed by atoms with van der Waals surface area (Å²) in [5.74, 6) is -1.84. The Kier molecular flexibility index (Phi) is 5.31. The van der Waals surface area contributed by atoms with Gasteiger partial charge in [-0.05, 0) is 48.4 Å². The lowest BCUT2D eigenvalue weighted by atomic mass is 9.97. The number of benzene rings is 3. The Hall–Kier alpha value is -3.47. The van der Waals surface area contributed by atoms with Crippen molar-refractivity contribution in [3.05, 3.63) is 89.7 Å². The van der Waals surface area contributed by atoms with Crippen LogP contribution in [0.25, 0.3) is 11.1 Å². The van der Waals surface area contributed by atoms with E-state index in [-0.39, 0.29) is 0 Å². The lowest BCUT2D eigenvalue weighted by molar-refractivity contribution is -0.135. The molecule has 4 nitrogen and oxygen atoms in total. The first-order chi connectivity index (χ1) is 13.0. The largest absolute Gasteiger partial charge is 0.426 e. The van der Waals surface area contributed by atoms with Crippen LogP contribution >= 0.6 is 0 Å². The summed E-state index contributed by atoms with van der Waals surface area (Å²) in [5.41, 5.74) is 7.26. The zero-order valence-corrected chi connectivity index (χ0v) is 14.7. The molecule has 3 aromatic rings. The second-order valence-corrected chi connectivity index (χ2v) is 6.14. The first-order valence-corrected chi connectivity index (χ1v) is 8.42. The molecular formula is C22H18FNO3. The van der Waals surface area contributed by atoms with Crippen molar-refractivity contribution in [3.63, 3.8) is 0 Å². The standard InChI is InChI=1S/C22H18FNO3/c1-14(22(26)27-18-10-7-16(8-11-18)21(24)25)17-9-12-19(20(23)13-17)15-5-3-2-4-6-15/h2-14H,1H3,(H2,24,25). The molecule has 0 saturated heterocycles. The topological polar surface area (TPSA) is 69.4 Å². The van der Waals surface area contributed by atoms with Crippen LogP contribution in [0.4, 0.5) is 4.39 Å². The van der Waals surface area contributed by atoms with Crippen molar-refractivity contribution < 1.29 is 18.7 Å². The van der Waals surface area contributed by atoms with E-state index in [0.717, 1.165) is 5.56 Å². The maximum Gasteiger partial charge on any atom is 0.318 e. The predicted molar refractivity (Wildman–Crippen MR) is 101 cm³/mol. The maximum absolute atomic E-state index is 14.5. The van der Waals surface area contributed by atoms with E-state index < -0.39 is 23.6 Å². The van der Waals surface area contributed by atoms with Gasteiger partial charge in [0.05, 0.1) is 5.92 Å². The highest BCUT2D eigenvalue weighted by Gasteiger charge is 2.19. The molecular weight excluding hydrogens is 345 g/mol. The van der Waals surface area contributed by atoms with Gasteiger partial charge < -0.3 is 10.5 Å². The minimum Gasteiger partial charge on any atom is -0.426 e. The normalized spacial score (nSPS) is 11.6. The van der Waals surface area contributed by atoms with Gasteiger partial charge in [-0.2, -0.15) is 0 Å². The van der Waals surface area contributed by atoms with E-state index >= 15 is 0 Å². The molecule has 0 aromatic heterocycles. The van der Waals surface area contributed by atoms with Crippen LogP contribution in [-0.4, -0.2) is 11.9 Å². The molecule has 2 N–H and O–H groups in total. The Morgan fingerprint density at radius 3 is 2.22 bits per heavy atom. The minimum atomic E-state index is -0.653. The van der Waals surface area contributed by atoms with E-state index in [9.17, 15) is 14.0 Å². The van der Waals surface area contributed by atoms with Gasteiger partial charge in [0, 0.05) is 11.1 Å². The predicted octanol–water partition coefficient (Wildman–Crippen LogP) is 4.30. The van der Waals surface area contributed by atoms with Crippen LogP contribution in [0.1, 0.15) is 28.8 Å². The number of carbonyl (C=O) groups excluding carboxylic acids is 2. The molecule has 0 fully saturated rings. The van der Waals surface area contributed by atoms with Crippen LogP contribution < -0.4 is 10.5 Å². The summed E-state index contributed by atoms with van der Waals surface area (Å²) in [4.78, 5) is 23.4. The fourth-order valence-electron chi connectivity index (χ4n) is 2.68. The van der Waals surface area contributed by atoms with E-state index in [2.05, 4.69) is 0 Å². The highest BCUT2D eigenvalue weighted by Crippen LogP contribution is 2.27. The summed E-state index contributed by atoms with van der Waals surface area (Å²) in [6.07, 6.45) is 0. The summed E-state index contributed by atoms with van der Waals surface area (Å²) in [6.45, 7) is 1.65. The lowest BCUT2D eigenvalue weighted by Gasteiger charge is -2.13. The van der Waals surface area contributed by atoms with Gasteiger partial charge in [0.25, 0.3) is 0 Å². The van der Waals surface area contributed by atoms with Crippen LogP contribution in [0, 0.1) is 5.82 Å². The molecule has 5 heteroatoms. The number of hydrogen-bond donors (Lipinski definition) is 1. The van der Waals surface area contributed by atoms with Gasteiger partial charge in [-0.25, -0.2) is 4.39 Å². The Labute approximate surface area is 156 Å². The Bertz CT molecular complexity index is 969. The summed E-state index contributed by atoms with van der Waals surface area (Å²) < 4.78 is 19.8. The molecule has 27 heavy (non-hydrogen) atoms. The van der Waals surface area contributed by atoms with Crippen LogP contribution in [0.5, 0.6) is 5.75 Å². The van der Waals surface area contributed by atoms with Crippen molar-refractivity contribution in [2.75, 3.05) is 0 Å². The van der Waals surface area contributed by atoms with Crippen molar-refractivity contribution >= 4 is 11.9 Å². The average Bonchev–Trinajstić information content (AvgIpc) is 2.68. The molecule has 0 spiro atoms. The average molecular weight is 363 g/mol. The third-order valence-electron chi connectivity index (χ3n) is 4.29. The quantitative estimate of drug-likeness (QED) is 0.543. The van der Waals surface area contributed by atoms with Gasteiger partial charge in [0.15, 0.2) is 0 Å². The van der Waals surface area contributed by atoms with Crippen molar-refractivity contribution in [3.8, 4) is 16.9 Å². The molecule has 0 bridgehead atoms. The molecule has 1 atom stereocenters. The third kappa shape index (κ3) is 4.20. The van der Waals surface area contributed by atoms with E-state index in [1.54, 1.807) is 19.1 Å². The molecule has 0 aliphatic heterocycles. The summed E-state index contributed by atoms with van der Waals surface area (Å²) in [5, 5.41) is 0. The molecule has 136 valence electrons. The zero-order chi connectivity index (χ0) is 19.4. The van der Waals surface area contributed by atoms with Crippen molar-refractivity contribution in [1.29, 1.82) is 0 Å². The van der Waals surface area contributed by atoms with Crippen molar-refractivity contribution in [1.82, 2.24) is 0 Å².